The highest BCUT2D eigenvalue weighted by Gasteiger charge is 2.46. The van der Waals surface area contributed by atoms with Crippen LogP contribution in [0, 0.1) is 0 Å². The zero-order valence-corrected chi connectivity index (χ0v) is 13.0. The minimum Gasteiger partial charge on any atom is -0.377 e. The first-order valence-electron chi connectivity index (χ1n) is 7.66. The molecule has 4 atom stereocenters. The summed E-state index contributed by atoms with van der Waals surface area (Å²) in [7, 11) is 1.06. The van der Waals surface area contributed by atoms with Crippen molar-refractivity contribution in [2.45, 2.75) is 55.3 Å². The van der Waals surface area contributed by atoms with E-state index in [4.69, 9.17) is 14.2 Å². The minimum atomic E-state index is -0.896. The Morgan fingerprint density at radius 3 is 2.70 bits per heavy atom. The molecule has 0 aromatic rings. The Balaban J connectivity index is 1.65. The minimum absolute atomic E-state index is 0.0936. The van der Waals surface area contributed by atoms with Gasteiger partial charge in [-0.25, -0.2) is 0 Å². The van der Waals surface area contributed by atoms with Gasteiger partial charge in [-0.15, -0.1) is 0 Å². The van der Waals surface area contributed by atoms with Crippen molar-refractivity contribution < 1.29 is 18.4 Å². The summed E-state index contributed by atoms with van der Waals surface area (Å²) < 4.78 is 30.0. The Kier molecular flexibility index (Phi) is 4.77. The van der Waals surface area contributed by atoms with Crippen molar-refractivity contribution in [3.8, 4) is 0 Å². The molecule has 3 fully saturated rings. The molecule has 1 N–H and O–H groups in total. The zero-order chi connectivity index (χ0) is 14.0. The van der Waals surface area contributed by atoms with Gasteiger partial charge in [0.05, 0.1) is 30.3 Å². The lowest BCUT2D eigenvalue weighted by molar-refractivity contribution is -0.178. The third kappa shape index (κ3) is 3.09. The Hall–Kier alpha value is -0.0100. The molecule has 0 amide bonds. The molecule has 0 aromatic carbocycles. The average molecular weight is 303 g/mol. The quantitative estimate of drug-likeness (QED) is 0.832. The number of nitrogens with one attached hydrogen (secondary N) is 1. The number of hydrogen-bond donors (Lipinski definition) is 1. The molecule has 2 heterocycles. The highest BCUT2D eigenvalue weighted by molar-refractivity contribution is 7.85. The molecule has 4 unspecified atom stereocenters. The molecule has 1 aliphatic carbocycles. The van der Waals surface area contributed by atoms with E-state index in [-0.39, 0.29) is 17.4 Å². The van der Waals surface area contributed by atoms with Crippen molar-refractivity contribution in [3.63, 3.8) is 0 Å². The van der Waals surface area contributed by atoms with Gasteiger partial charge in [-0.05, 0) is 26.3 Å². The van der Waals surface area contributed by atoms with Gasteiger partial charge in [0.25, 0.3) is 0 Å². The van der Waals surface area contributed by atoms with Gasteiger partial charge >= 0.3 is 0 Å². The first kappa shape index (κ1) is 14.9. The molecule has 5 nitrogen and oxygen atoms in total. The average Bonchev–Trinajstić information content (AvgIpc) is 3.11. The molecule has 0 aromatic heterocycles. The van der Waals surface area contributed by atoms with E-state index in [1.54, 1.807) is 0 Å². The van der Waals surface area contributed by atoms with E-state index in [0.717, 1.165) is 38.7 Å². The third-order valence-electron chi connectivity index (χ3n) is 4.69. The highest BCUT2D eigenvalue weighted by Crippen LogP contribution is 2.38. The van der Waals surface area contributed by atoms with E-state index in [9.17, 15) is 4.21 Å². The second-order valence-corrected chi connectivity index (χ2v) is 7.67. The van der Waals surface area contributed by atoms with Gasteiger partial charge in [0, 0.05) is 36.3 Å². The van der Waals surface area contributed by atoms with E-state index >= 15 is 0 Å². The largest absolute Gasteiger partial charge is 0.377 e. The second kappa shape index (κ2) is 6.40. The predicted octanol–water partition coefficient (Wildman–Crippen LogP) is 0.798. The van der Waals surface area contributed by atoms with Crippen molar-refractivity contribution in [2.24, 2.45) is 0 Å². The van der Waals surface area contributed by atoms with Gasteiger partial charge < -0.3 is 19.5 Å². The third-order valence-corrected chi connectivity index (χ3v) is 6.56. The van der Waals surface area contributed by atoms with Gasteiger partial charge in [-0.3, -0.25) is 4.21 Å². The van der Waals surface area contributed by atoms with Crippen LogP contribution in [0.2, 0.25) is 0 Å². The lowest BCUT2D eigenvalue weighted by Gasteiger charge is -2.40. The Labute approximate surface area is 123 Å². The number of ether oxygens (including phenoxy) is 3. The fourth-order valence-electron chi connectivity index (χ4n) is 3.56. The van der Waals surface area contributed by atoms with Crippen LogP contribution in [0.4, 0.5) is 0 Å². The number of rotatable bonds is 4. The van der Waals surface area contributed by atoms with Crippen LogP contribution in [0.15, 0.2) is 0 Å². The van der Waals surface area contributed by atoms with E-state index in [0.29, 0.717) is 19.0 Å². The Morgan fingerprint density at radius 2 is 2.05 bits per heavy atom. The highest BCUT2D eigenvalue weighted by atomic mass is 32.2. The smallest absolute Gasteiger partial charge is 0.169 e. The summed E-state index contributed by atoms with van der Waals surface area (Å²) in [6.07, 6.45) is 4.90. The van der Waals surface area contributed by atoms with Crippen molar-refractivity contribution in [3.05, 3.63) is 0 Å². The molecule has 6 heteroatoms. The van der Waals surface area contributed by atoms with Crippen LogP contribution in [0.25, 0.3) is 0 Å². The van der Waals surface area contributed by atoms with Gasteiger partial charge in [0.15, 0.2) is 5.79 Å². The predicted molar refractivity (Wildman–Crippen MR) is 77.1 cm³/mol. The fraction of sp³-hybridized carbons (Fsp3) is 1.00. The van der Waals surface area contributed by atoms with Crippen LogP contribution in [-0.4, -0.2) is 60.0 Å². The molecule has 2 aliphatic heterocycles. The van der Waals surface area contributed by atoms with Crippen LogP contribution < -0.4 is 5.32 Å². The molecule has 2 saturated heterocycles. The van der Waals surface area contributed by atoms with E-state index < -0.39 is 16.6 Å². The van der Waals surface area contributed by atoms with Gasteiger partial charge in [0.2, 0.25) is 0 Å². The summed E-state index contributed by atoms with van der Waals surface area (Å²) in [5.41, 5.74) is 0. The van der Waals surface area contributed by atoms with E-state index in [2.05, 4.69) is 5.32 Å². The zero-order valence-electron chi connectivity index (χ0n) is 12.1. The van der Waals surface area contributed by atoms with Crippen LogP contribution in [0.1, 0.15) is 32.1 Å². The first-order chi connectivity index (χ1) is 9.72. The van der Waals surface area contributed by atoms with Crippen LogP contribution in [-0.2, 0) is 25.0 Å². The molecule has 3 rings (SSSR count). The van der Waals surface area contributed by atoms with Gasteiger partial charge in [-0.1, -0.05) is 0 Å². The molecule has 0 radical (unpaired) electrons. The van der Waals surface area contributed by atoms with Crippen molar-refractivity contribution in [2.75, 3.05) is 32.6 Å². The lowest BCUT2D eigenvalue weighted by Crippen LogP contribution is -2.52. The van der Waals surface area contributed by atoms with Crippen LogP contribution in [0.3, 0.4) is 0 Å². The van der Waals surface area contributed by atoms with Crippen LogP contribution in [0.5, 0.6) is 0 Å². The summed E-state index contributed by atoms with van der Waals surface area (Å²) in [6.45, 7) is 2.14. The first-order valence-corrected chi connectivity index (χ1v) is 9.05. The molecular formula is C14H25NO4S. The Bertz CT molecular complexity index is 353. The summed E-state index contributed by atoms with van der Waals surface area (Å²) in [6, 6.07) is 0.288. The maximum absolute atomic E-state index is 12.7. The monoisotopic (exact) mass is 303 g/mol. The van der Waals surface area contributed by atoms with Crippen LogP contribution >= 0.6 is 0 Å². The standard InChI is InChI=1S/C14H25NO4S/c1-15-12-4-5-14(18-7-8-19-14)9-13(12)20(16)10-11-3-2-6-17-11/h11-13,15H,2-10H2,1H3. The van der Waals surface area contributed by atoms with E-state index in [1.807, 2.05) is 7.05 Å². The second-order valence-electron chi connectivity index (χ2n) is 5.97. The summed E-state index contributed by atoms with van der Waals surface area (Å²) >= 11 is 0. The van der Waals surface area contributed by atoms with E-state index in [1.165, 1.54) is 0 Å². The van der Waals surface area contributed by atoms with Crippen molar-refractivity contribution >= 4 is 10.8 Å². The maximum Gasteiger partial charge on any atom is 0.169 e. The summed E-state index contributed by atoms with van der Waals surface area (Å²) in [4.78, 5) is 0. The van der Waals surface area contributed by atoms with Crippen molar-refractivity contribution in [1.82, 2.24) is 5.32 Å². The molecular weight excluding hydrogens is 278 g/mol. The normalized spacial score (nSPS) is 38.4. The maximum atomic E-state index is 12.7. The molecule has 1 spiro atoms. The topological polar surface area (TPSA) is 56.8 Å². The summed E-state index contributed by atoms with van der Waals surface area (Å²) in [5, 5.41) is 3.41. The summed E-state index contributed by atoms with van der Waals surface area (Å²) in [5.74, 6) is 0.184. The lowest BCUT2D eigenvalue weighted by atomic mass is 9.89. The number of hydrogen-bond acceptors (Lipinski definition) is 5. The van der Waals surface area contributed by atoms with Gasteiger partial charge in [-0.2, -0.15) is 0 Å². The molecule has 116 valence electrons. The SMILES string of the molecule is CNC1CCC2(CC1S(=O)CC1CCCO1)OCCO2. The Morgan fingerprint density at radius 1 is 1.25 bits per heavy atom. The molecule has 3 aliphatic rings. The van der Waals surface area contributed by atoms with Gasteiger partial charge in [0.1, 0.15) is 0 Å². The molecule has 0 bridgehead atoms. The molecule has 20 heavy (non-hydrogen) atoms. The van der Waals surface area contributed by atoms with Crippen molar-refractivity contribution in [1.29, 1.82) is 0 Å². The fourth-order valence-corrected chi connectivity index (χ4v) is 5.52. The molecule has 1 saturated carbocycles.